The summed E-state index contributed by atoms with van der Waals surface area (Å²) in [6.45, 7) is -0.174. The van der Waals surface area contributed by atoms with Crippen LogP contribution >= 0.6 is 0 Å². The van der Waals surface area contributed by atoms with Crippen LogP contribution in [0.5, 0.6) is 0 Å². The number of aromatic nitrogens is 3. The second-order valence-corrected chi connectivity index (χ2v) is 1.45. The zero-order valence-electron chi connectivity index (χ0n) is 4.56. The molecule has 0 atom stereocenters. The highest BCUT2D eigenvalue weighted by atomic mass is 16.4. The van der Waals surface area contributed by atoms with Crippen LogP contribution in [0, 0.1) is 0 Å². The van der Waals surface area contributed by atoms with Crippen LogP contribution in [0.2, 0.25) is 0 Å². The number of hydrogen-bond donors (Lipinski definition) is 1. The molecule has 0 bridgehead atoms. The van der Waals surface area contributed by atoms with Gasteiger partial charge in [-0.3, -0.25) is 4.79 Å². The topological polar surface area (TPSA) is 68.0 Å². The van der Waals surface area contributed by atoms with Gasteiger partial charge in [-0.15, -0.1) is 0 Å². The van der Waals surface area contributed by atoms with Crippen molar-refractivity contribution >= 4 is 5.97 Å². The predicted octanol–water partition coefficient (Wildman–Crippen LogP) is -0.637. The smallest absolute Gasteiger partial charge is 0.327 e. The highest BCUT2D eigenvalue weighted by Gasteiger charge is 1.97. The standard InChI is InChI=1S/C4H5N3O2/c8-4(9)3-7-5-1-2-6-7/h1-2H,3H2,(H,8,9). The molecule has 0 amide bonds. The molecule has 1 N–H and O–H groups in total. The van der Waals surface area contributed by atoms with E-state index in [2.05, 4.69) is 10.2 Å². The Labute approximate surface area is 50.9 Å². The van der Waals surface area contributed by atoms with Crippen LogP contribution in [0.3, 0.4) is 0 Å². The molecule has 1 heterocycles. The summed E-state index contributed by atoms with van der Waals surface area (Å²) >= 11 is 0. The SMILES string of the molecule is O=C(O)Cn1nccn1. The van der Waals surface area contributed by atoms with Crippen LogP contribution in [-0.2, 0) is 11.3 Å². The van der Waals surface area contributed by atoms with E-state index in [9.17, 15) is 4.79 Å². The molecule has 9 heavy (non-hydrogen) atoms. The van der Waals surface area contributed by atoms with Gasteiger partial charge in [-0.25, -0.2) is 0 Å². The molecule has 0 saturated carbocycles. The van der Waals surface area contributed by atoms with Gasteiger partial charge < -0.3 is 5.11 Å². The highest BCUT2D eigenvalue weighted by molar-refractivity contribution is 5.66. The lowest BCUT2D eigenvalue weighted by atomic mass is 10.7. The Hall–Kier alpha value is -1.39. The van der Waals surface area contributed by atoms with E-state index < -0.39 is 5.97 Å². The molecule has 0 saturated heterocycles. The molecule has 0 aliphatic carbocycles. The Morgan fingerprint density at radius 2 is 2.11 bits per heavy atom. The summed E-state index contributed by atoms with van der Waals surface area (Å²) in [5.41, 5.74) is 0. The molecule has 0 aromatic carbocycles. The third-order valence-corrected chi connectivity index (χ3v) is 0.743. The van der Waals surface area contributed by atoms with E-state index in [0.29, 0.717) is 0 Å². The zero-order chi connectivity index (χ0) is 6.69. The van der Waals surface area contributed by atoms with E-state index in [1.165, 1.54) is 12.4 Å². The first-order valence-corrected chi connectivity index (χ1v) is 2.35. The summed E-state index contributed by atoms with van der Waals surface area (Å²) in [6.07, 6.45) is 2.87. The lowest BCUT2D eigenvalue weighted by Crippen LogP contribution is -2.10. The lowest BCUT2D eigenvalue weighted by molar-refractivity contribution is -0.138. The maximum atomic E-state index is 9.97. The largest absolute Gasteiger partial charge is 0.480 e. The fourth-order valence-corrected chi connectivity index (χ4v) is 0.446. The molecule has 0 spiro atoms. The van der Waals surface area contributed by atoms with Gasteiger partial charge in [0.1, 0.15) is 0 Å². The van der Waals surface area contributed by atoms with Crippen LogP contribution in [0.25, 0.3) is 0 Å². The van der Waals surface area contributed by atoms with Gasteiger partial charge in [0, 0.05) is 0 Å². The van der Waals surface area contributed by atoms with E-state index in [4.69, 9.17) is 5.11 Å². The van der Waals surface area contributed by atoms with E-state index in [1.807, 2.05) is 0 Å². The van der Waals surface area contributed by atoms with Crippen molar-refractivity contribution < 1.29 is 9.90 Å². The molecule has 0 radical (unpaired) electrons. The molecule has 0 fully saturated rings. The summed E-state index contributed by atoms with van der Waals surface area (Å²) in [5, 5.41) is 15.3. The maximum Gasteiger partial charge on any atom is 0.327 e. The number of rotatable bonds is 2. The van der Waals surface area contributed by atoms with Gasteiger partial charge in [0.15, 0.2) is 6.54 Å². The van der Waals surface area contributed by atoms with Crippen molar-refractivity contribution in [3.05, 3.63) is 12.4 Å². The first-order chi connectivity index (χ1) is 4.29. The normalized spacial score (nSPS) is 9.33. The Morgan fingerprint density at radius 1 is 1.56 bits per heavy atom. The van der Waals surface area contributed by atoms with Gasteiger partial charge in [0.2, 0.25) is 0 Å². The van der Waals surface area contributed by atoms with Gasteiger partial charge in [-0.1, -0.05) is 0 Å². The van der Waals surface area contributed by atoms with E-state index in [1.54, 1.807) is 0 Å². The van der Waals surface area contributed by atoms with Gasteiger partial charge >= 0.3 is 5.97 Å². The third-order valence-electron chi connectivity index (χ3n) is 0.743. The fourth-order valence-electron chi connectivity index (χ4n) is 0.446. The van der Waals surface area contributed by atoms with Crippen molar-refractivity contribution in [1.29, 1.82) is 0 Å². The van der Waals surface area contributed by atoms with Crippen molar-refractivity contribution in [1.82, 2.24) is 15.0 Å². The molecule has 1 aromatic rings. The summed E-state index contributed by atoms with van der Waals surface area (Å²) in [6, 6.07) is 0. The van der Waals surface area contributed by atoms with Crippen LogP contribution < -0.4 is 0 Å². The Balaban J connectivity index is 2.58. The predicted molar refractivity (Wildman–Crippen MR) is 27.7 cm³/mol. The van der Waals surface area contributed by atoms with Crippen LogP contribution in [0.1, 0.15) is 0 Å². The Kier molecular flexibility index (Phi) is 1.44. The zero-order valence-corrected chi connectivity index (χ0v) is 4.56. The number of carboxylic acid groups (broad SMARTS) is 1. The first-order valence-electron chi connectivity index (χ1n) is 2.35. The summed E-state index contributed by atoms with van der Waals surface area (Å²) in [7, 11) is 0. The van der Waals surface area contributed by atoms with E-state index in [-0.39, 0.29) is 6.54 Å². The van der Waals surface area contributed by atoms with Gasteiger partial charge in [0.25, 0.3) is 0 Å². The molecule has 0 aliphatic heterocycles. The summed E-state index contributed by atoms with van der Waals surface area (Å²) < 4.78 is 0. The number of carboxylic acids is 1. The minimum atomic E-state index is -0.939. The second kappa shape index (κ2) is 2.25. The third kappa shape index (κ3) is 1.52. The summed E-state index contributed by atoms with van der Waals surface area (Å²) in [4.78, 5) is 11.1. The van der Waals surface area contributed by atoms with Gasteiger partial charge in [-0.2, -0.15) is 15.0 Å². The minimum Gasteiger partial charge on any atom is -0.480 e. The molecular formula is C4H5N3O2. The van der Waals surface area contributed by atoms with Crippen molar-refractivity contribution in [2.75, 3.05) is 0 Å². The van der Waals surface area contributed by atoms with Crippen molar-refractivity contribution in [2.45, 2.75) is 6.54 Å². The molecular weight excluding hydrogens is 122 g/mol. The number of aliphatic carboxylic acids is 1. The van der Waals surface area contributed by atoms with Crippen LogP contribution in [0.4, 0.5) is 0 Å². The molecule has 0 unspecified atom stereocenters. The molecule has 5 nitrogen and oxygen atoms in total. The van der Waals surface area contributed by atoms with Crippen LogP contribution in [0.15, 0.2) is 12.4 Å². The van der Waals surface area contributed by atoms with Crippen LogP contribution in [-0.4, -0.2) is 26.1 Å². The monoisotopic (exact) mass is 127 g/mol. The maximum absolute atomic E-state index is 9.97. The van der Waals surface area contributed by atoms with E-state index in [0.717, 1.165) is 4.80 Å². The quantitative estimate of drug-likeness (QED) is 0.573. The molecule has 5 heteroatoms. The summed E-state index contributed by atoms with van der Waals surface area (Å²) in [5.74, 6) is -0.939. The molecule has 48 valence electrons. The highest BCUT2D eigenvalue weighted by Crippen LogP contribution is 1.76. The second-order valence-electron chi connectivity index (χ2n) is 1.45. The Morgan fingerprint density at radius 3 is 2.56 bits per heavy atom. The van der Waals surface area contributed by atoms with Crippen molar-refractivity contribution in [2.24, 2.45) is 0 Å². The molecule has 1 aromatic heterocycles. The first kappa shape index (κ1) is 5.74. The molecule has 0 aliphatic rings. The van der Waals surface area contributed by atoms with Gasteiger partial charge in [0.05, 0.1) is 12.4 Å². The van der Waals surface area contributed by atoms with Crippen molar-refractivity contribution in [3.8, 4) is 0 Å². The Bertz CT molecular complexity index is 194. The average Bonchev–Trinajstić information content (AvgIpc) is 2.15. The number of hydrogen-bond acceptors (Lipinski definition) is 3. The van der Waals surface area contributed by atoms with E-state index >= 15 is 0 Å². The van der Waals surface area contributed by atoms with Crippen molar-refractivity contribution in [3.63, 3.8) is 0 Å². The number of carbonyl (C=O) groups is 1. The average molecular weight is 127 g/mol. The lowest BCUT2D eigenvalue weighted by Gasteiger charge is -1.89. The van der Waals surface area contributed by atoms with Gasteiger partial charge in [-0.05, 0) is 0 Å². The fraction of sp³-hybridized carbons (Fsp3) is 0.250. The minimum absolute atomic E-state index is 0.174. The number of nitrogens with zero attached hydrogens (tertiary/aromatic N) is 3. The molecule has 1 rings (SSSR count).